The molecule has 26 heavy (non-hydrogen) atoms. The number of thioether (sulfide) groups is 1. The predicted molar refractivity (Wildman–Crippen MR) is 108 cm³/mol. The Bertz CT molecular complexity index is 979. The van der Waals surface area contributed by atoms with E-state index in [4.69, 9.17) is 14.8 Å². The van der Waals surface area contributed by atoms with Gasteiger partial charge in [-0.1, -0.05) is 24.8 Å². The van der Waals surface area contributed by atoms with Gasteiger partial charge in [0.25, 0.3) is 5.56 Å². The van der Waals surface area contributed by atoms with Gasteiger partial charge in [-0.2, -0.15) is 0 Å². The fourth-order valence-corrected chi connectivity index (χ4v) is 4.94. The lowest BCUT2D eigenvalue weighted by Crippen LogP contribution is -2.21. The van der Waals surface area contributed by atoms with Crippen LogP contribution in [0.1, 0.15) is 23.8 Å². The number of hydrogen-bond acceptors (Lipinski definition) is 6. The highest BCUT2D eigenvalue weighted by molar-refractivity contribution is 7.99. The molecule has 3 rings (SSSR count). The molecule has 0 fully saturated rings. The van der Waals surface area contributed by atoms with Crippen molar-refractivity contribution in [1.29, 1.82) is 0 Å². The fraction of sp³-hybridized carbons (Fsp3) is 0.368. The first-order valence-electron chi connectivity index (χ1n) is 8.53. The summed E-state index contributed by atoms with van der Waals surface area (Å²) in [6.45, 7) is 4.21. The van der Waals surface area contributed by atoms with Gasteiger partial charge in [0.15, 0.2) is 5.16 Å². The van der Waals surface area contributed by atoms with Gasteiger partial charge in [0, 0.05) is 23.3 Å². The van der Waals surface area contributed by atoms with Gasteiger partial charge in [0.05, 0.1) is 18.2 Å². The lowest BCUT2D eigenvalue weighted by atomic mass is 10.2. The number of methoxy groups -OCH3 is 1. The second-order valence-electron chi connectivity index (χ2n) is 5.85. The second-order valence-corrected chi connectivity index (χ2v) is 7.99. The van der Waals surface area contributed by atoms with Crippen LogP contribution >= 0.6 is 23.1 Å². The smallest absolute Gasteiger partial charge is 0.267 e. The largest absolute Gasteiger partial charge is 0.497 e. The van der Waals surface area contributed by atoms with Crippen molar-refractivity contribution in [3.05, 3.63) is 45.1 Å². The maximum atomic E-state index is 13.4. The predicted octanol–water partition coefficient (Wildman–Crippen LogP) is 3.80. The fourth-order valence-electron chi connectivity index (χ4n) is 2.85. The first kappa shape index (κ1) is 18.9. The third kappa shape index (κ3) is 3.51. The molecule has 0 aliphatic heterocycles. The summed E-state index contributed by atoms with van der Waals surface area (Å²) in [5, 5.41) is 10.4. The number of hydrogen-bond donors (Lipinski definition) is 1. The molecule has 3 aromatic rings. The van der Waals surface area contributed by atoms with Crippen LogP contribution in [0.2, 0.25) is 0 Å². The number of ether oxygens (including phenoxy) is 1. The summed E-state index contributed by atoms with van der Waals surface area (Å²) in [5.41, 5.74) is 1.70. The number of aliphatic hydroxyl groups excluding tert-OH is 1. The van der Waals surface area contributed by atoms with E-state index in [-0.39, 0.29) is 12.2 Å². The van der Waals surface area contributed by atoms with E-state index < -0.39 is 0 Å². The van der Waals surface area contributed by atoms with E-state index in [9.17, 15) is 4.79 Å². The number of aliphatic hydroxyl groups is 1. The van der Waals surface area contributed by atoms with Gasteiger partial charge >= 0.3 is 0 Å². The molecule has 5 nitrogen and oxygen atoms in total. The zero-order chi connectivity index (χ0) is 18.7. The summed E-state index contributed by atoms with van der Waals surface area (Å²) in [6, 6.07) is 7.44. The van der Waals surface area contributed by atoms with Crippen LogP contribution in [0, 0.1) is 6.92 Å². The van der Waals surface area contributed by atoms with Crippen LogP contribution in [0.5, 0.6) is 5.75 Å². The van der Waals surface area contributed by atoms with E-state index in [1.54, 1.807) is 23.0 Å². The Morgan fingerprint density at radius 2 is 2.19 bits per heavy atom. The molecule has 0 radical (unpaired) electrons. The molecule has 0 aliphatic rings. The van der Waals surface area contributed by atoms with E-state index in [1.165, 1.54) is 16.6 Å². The van der Waals surface area contributed by atoms with Crippen LogP contribution in [-0.4, -0.2) is 34.1 Å². The lowest BCUT2D eigenvalue weighted by molar-refractivity contribution is 0.296. The normalized spacial score (nSPS) is 11.2. The molecule has 0 atom stereocenters. The number of aryl methyl sites for hydroxylation is 2. The number of thiophene rings is 1. The Morgan fingerprint density at radius 3 is 2.88 bits per heavy atom. The summed E-state index contributed by atoms with van der Waals surface area (Å²) in [5.74, 6) is 1.39. The van der Waals surface area contributed by atoms with Gasteiger partial charge in [0.1, 0.15) is 10.6 Å². The minimum Gasteiger partial charge on any atom is -0.497 e. The van der Waals surface area contributed by atoms with Crippen LogP contribution in [0.15, 0.2) is 34.2 Å². The minimum atomic E-state index is -0.0526. The summed E-state index contributed by atoms with van der Waals surface area (Å²) in [4.78, 5) is 20.1. The summed E-state index contributed by atoms with van der Waals surface area (Å²) < 4.78 is 6.97. The van der Waals surface area contributed by atoms with E-state index in [2.05, 4.69) is 6.92 Å². The number of fused-ring (bicyclic) bond motifs is 1. The summed E-state index contributed by atoms with van der Waals surface area (Å²) >= 11 is 3.08. The average molecular weight is 391 g/mol. The van der Waals surface area contributed by atoms with Crippen LogP contribution in [-0.2, 0) is 6.42 Å². The van der Waals surface area contributed by atoms with Crippen molar-refractivity contribution in [2.45, 2.75) is 31.8 Å². The molecule has 0 bridgehead atoms. The molecule has 1 aromatic carbocycles. The van der Waals surface area contributed by atoms with E-state index in [0.29, 0.717) is 28.5 Å². The molecule has 0 unspecified atom stereocenters. The Hall–Kier alpha value is -1.83. The first-order chi connectivity index (χ1) is 12.6. The maximum Gasteiger partial charge on any atom is 0.267 e. The third-order valence-corrected chi connectivity index (χ3v) is 6.55. The molecular formula is C19H22N2O3S2. The van der Waals surface area contributed by atoms with Crippen molar-refractivity contribution in [2.75, 3.05) is 19.5 Å². The van der Waals surface area contributed by atoms with E-state index in [1.807, 2.05) is 31.2 Å². The topological polar surface area (TPSA) is 64.3 Å². The molecule has 1 N–H and O–H groups in total. The molecular weight excluding hydrogens is 368 g/mol. The Balaban J connectivity index is 2.25. The SMILES string of the molecule is CCc1sc2nc(SCCCO)n(-c3cccc(OC)c3)c(=O)c2c1C. The minimum absolute atomic E-state index is 0.0526. The number of rotatable bonds is 7. The van der Waals surface area contributed by atoms with Crippen molar-refractivity contribution in [3.63, 3.8) is 0 Å². The van der Waals surface area contributed by atoms with Crippen molar-refractivity contribution < 1.29 is 9.84 Å². The van der Waals surface area contributed by atoms with Crippen molar-refractivity contribution in [1.82, 2.24) is 9.55 Å². The Morgan fingerprint density at radius 1 is 1.38 bits per heavy atom. The number of nitrogens with zero attached hydrogens (tertiary/aromatic N) is 2. The molecule has 0 amide bonds. The molecule has 7 heteroatoms. The molecule has 0 saturated carbocycles. The van der Waals surface area contributed by atoms with E-state index >= 15 is 0 Å². The van der Waals surface area contributed by atoms with Gasteiger partial charge in [-0.3, -0.25) is 9.36 Å². The van der Waals surface area contributed by atoms with E-state index in [0.717, 1.165) is 22.5 Å². The summed E-state index contributed by atoms with van der Waals surface area (Å²) in [6.07, 6.45) is 1.54. The zero-order valence-electron chi connectivity index (χ0n) is 15.1. The maximum absolute atomic E-state index is 13.4. The molecule has 2 aromatic heterocycles. The molecule has 0 spiro atoms. The van der Waals surface area contributed by atoms with Gasteiger partial charge in [-0.25, -0.2) is 4.98 Å². The van der Waals surface area contributed by atoms with Crippen molar-refractivity contribution in [2.24, 2.45) is 0 Å². The number of benzene rings is 1. The molecule has 0 saturated heterocycles. The van der Waals surface area contributed by atoms with Gasteiger partial charge in [-0.15, -0.1) is 11.3 Å². The average Bonchev–Trinajstić information content (AvgIpc) is 2.98. The summed E-state index contributed by atoms with van der Waals surface area (Å²) in [7, 11) is 1.61. The molecule has 0 aliphatic carbocycles. The first-order valence-corrected chi connectivity index (χ1v) is 10.3. The standard InChI is InChI=1S/C19H22N2O3S2/c1-4-15-12(2)16-17(26-15)20-19(25-10-6-9-22)21(18(16)23)13-7-5-8-14(11-13)24-3/h5,7-8,11,22H,4,6,9-10H2,1-3H3. The lowest BCUT2D eigenvalue weighted by Gasteiger charge is -2.13. The number of aromatic nitrogens is 2. The van der Waals surface area contributed by atoms with Gasteiger partial charge in [-0.05, 0) is 37.5 Å². The third-order valence-electron chi connectivity index (χ3n) is 4.20. The van der Waals surface area contributed by atoms with Crippen LogP contribution in [0.3, 0.4) is 0 Å². The molecule has 2 heterocycles. The van der Waals surface area contributed by atoms with Gasteiger partial charge < -0.3 is 9.84 Å². The molecule has 138 valence electrons. The van der Waals surface area contributed by atoms with Crippen LogP contribution < -0.4 is 10.3 Å². The highest BCUT2D eigenvalue weighted by Gasteiger charge is 2.18. The second kappa shape index (κ2) is 8.24. The van der Waals surface area contributed by atoms with Crippen LogP contribution in [0.25, 0.3) is 15.9 Å². The highest BCUT2D eigenvalue weighted by atomic mass is 32.2. The van der Waals surface area contributed by atoms with Crippen LogP contribution in [0.4, 0.5) is 0 Å². The van der Waals surface area contributed by atoms with Crippen molar-refractivity contribution in [3.8, 4) is 11.4 Å². The highest BCUT2D eigenvalue weighted by Crippen LogP contribution is 2.31. The zero-order valence-corrected chi connectivity index (χ0v) is 16.7. The quantitative estimate of drug-likeness (QED) is 0.378. The van der Waals surface area contributed by atoms with Crippen molar-refractivity contribution >= 4 is 33.3 Å². The Kier molecular flexibility index (Phi) is 6.01. The van der Waals surface area contributed by atoms with Gasteiger partial charge in [0.2, 0.25) is 0 Å². The Labute approximate surface area is 160 Å². The monoisotopic (exact) mass is 390 g/mol.